The number of nitrogens with zero attached hydrogens (tertiary/aromatic N) is 1. The molecule has 3 rings (SSSR count). The molecule has 5 heteroatoms. The van der Waals surface area contributed by atoms with Gasteiger partial charge in [0.15, 0.2) is 11.5 Å². The minimum atomic E-state index is -0.0310. The predicted octanol–water partition coefficient (Wildman–Crippen LogP) is 1.28. The van der Waals surface area contributed by atoms with Crippen molar-refractivity contribution in [3.05, 3.63) is 23.8 Å². The zero-order chi connectivity index (χ0) is 13.9. The Labute approximate surface area is 118 Å². The molecule has 0 unspecified atom stereocenters. The smallest absolute Gasteiger partial charge is 0.251 e. The van der Waals surface area contributed by atoms with Crippen LogP contribution in [0.15, 0.2) is 18.2 Å². The number of rotatable bonds is 2. The lowest BCUT2D eigenvalue weighted by atomic mass is 10.0. The molecular formula is C15H20N2O3. The standard InChI is InChI=1S/C15H20N2O3/c1-17-6-4-12(5-7-17)16-15(18)11-2-3-13-14(10-11)20-9-8-19-13/h2-3,10,12H,4-9H2,1H3,(H,16,18). The third kappa shape index (κ3) is 2.88. The molecule has 1 N–H and O–H groups in total. The van der Waals surface area contributed by atoms with Crippen LogP contribution in [0.2, 0.25) is 0 Å². The molecule has 0 saturated carbocycles. The lowest BCUT2D eigenvalue weighted by Gasteiger charge is -2.29. The van der Waals surface area contributed by atoms with Gasteiger partial charge in [-0.3, -0.25) is 4.79 Å². The van der Waals surface area contributed by atoms with Gasteiger partial charge in [0.25, 0.3) is 5.91 Å². The summed E-state index contributed by atoms with van der Waals surface area (Å²) >= 11 is 0. The first-order valence-electron chi connectivity index (χ1n) is 7.11. The van der Waals surface area contributed by atoms with Gasteiger partial charge >= 0.3 is 0 Å². The Hall–Kier alpha value is -1.75. The molecule has 20 heavy (non-hydrogen) atoms. The summed E-state index contributed by atoms with van der Waals surface area (Å²) in [6.45, 7) is 3.17. The normalized spacial score (nSPS) is 19.6. The molecule has 1 amide bonds. The van der Waals surface area contributed by atoms with Crippen molar-refractivity contribution in [2.75, 3.05) is 33.4 Å². The molecule has 0 atom stereocenters. The molecule has 0 bridgehead atoms. The summed E-state index contributed by atoms with van der Waals surface area (Å²) in [6, 6.07) is 5.63. The van der Waals surface area contributed by atoms with Gasteiger partial charge in [-0.2, -0.15) is 0 Å². The maximum absolute atomic E-state index is 12.3. The van der Waals surface area contributed by atoms with E-state index in [2.05, 4.69) is 17.3 Å². The first-order valence-corrected chi connectivity index (χ1v) is 7.11. The quantitative estimate of drug-likeness (QED) is 0.884. The Balaban J connectivity index is 1.65. The van der Waals surface area contributed by atoms with Crippen molar-refractivity contribution in [3.8, 4) is 11.5 Å². The first kappa shape index (κ1) is 13.2. The number of amides is 1. The van der Waals surface area contributed by atoms with Crippen LogP contribution in [0.3, 0.4) is 0 Å². The zero-order valence-corrected chi connectivity index (χ0v) is 11.7. The SMILES string of the molecule is CN1CCC(NC(=O)c2ccc3c(c2)OCCO3)CC1. The summed E-state index contributed by atoms with van der Waals surface area (Å²) < 4.78 is 11.0. The molecule has 2 aliphatic rings. The Morgan fingerprint density at radius 3 is 2.65 bits per heavy atom. The molecule has 0 radical (unpaired) electrons. The van der Waals surface area contributed by atoms with Gasteiger partial charge in [-0.15, -0.1) is 0 Å². The fourth-order valence-corrected chi connectivity index (χ4v) is 2.61. The monoisotopic (exact) mass is 276 g/mol. The molecule has 1 aromatic rings. The number of fused-ring (bicyclic) bond motifs is 1. The highest BCUT2D eigenvalue weighted by Crippen LogP contribution is 2.30. The molecule has 1 fully saturated rings. The summed E-state index contributed by atoms with van der Waals surface area (Å²) in [4.78, 5) is 14.5. The molecule has 2 heterocycles. The molecule has 5 nitrogen and oxygen atoms in total. The number of hydrogen-bond acceptors (Lipinski definition) is 4. The van der Waals surface area contributed by atoms with Crippen molar-refractivity contribution in [1.29, 1.82) is 0 Å². The van der Waals surface area contributed by atoms with Crippen LogP contribution in [0.25, 0.3) is 0 Å². The Bertz CT molecular complexity index is 496. The highest BCUT2D eigenvalue weighted by atomic mass is 16.6. The van der Waals surface area contributed by atoms with Crippen molar-refractivity contribution in [2.45, 2.75) is 18.9 Å². The maximum atomic E-state index is 12.3. The molecular weight excluding hydrogens is 256 g/mol. The fraction of sp³-hybridized carbons (Fsp3) is 0.533. The highest BCUT2D eigenvalue weighted by Gasteiger charge is 2.20. The van der Waals surface area contributed by atoms with Crippen molar-refractivity contribution in [3.63, 3.8) is 0 Å². The van der Waals surface area contributed by atoms with Crippen LogP contribution in [0.4, 0.5) is 0 Å². The third-order valence-electron chi connectivity index (χ3n) is 3.86. The minimum absolute atomic E-state index is 0.0310. The molecule has 0 aromatic heterocycles. The van der Waals surface area contributed by atoms with Crippen LogP contribution in [0.1, 0.15) is 23.2 Å². The summed E-state index contributed by atoms with van der Waals surface area (Å²) in [5.41, 5.74) is 0.633. The minimum Gasteiger partial charge on any atom is -0.486 e. The summed E-state index contributed by atoms with van der Waals surface area (Å²) in [5, 5.41) is 3.10. The average Bonchev–Trinajstić information content (AvgIpc) is 2.49. The fourth-order valence-electron chi connectivity index (χ4n) is 2.61. The number of nitrogens with one attached hydrogen (secondary N) is 1. The first-order chi connectivity index (χ1) is 9.72. The molecule has 2 aliphatic heterocycles. The van der Waals surface area contributed by atoms with Crippen molar-refractivity contribution in [1.82, 2.24) is 10.2 Å². The van der Waals surface area contributed by atoms with E-state index in [9.17, 15) is 4.79 Å². The number of benzene rings is 1. The number of likely N-dealkylation sites (tertiary alicyclic amines) is 1. The van der Waals surface area contributed by atoms with E-state index < -0.39 is 0 Å². The lowest BCUT2D eigenvalue weighted by Crippen LogP contribution is -2.43. The Morgan fingerprint density at radius 2 is 1.90 bits per heavy atom. The van der Waals surface area contributed by atoms with Crippen molar-refractivity contribution >= 4 is 5.91 Å². The van der Waals surface area contributed by atoms with Gasteiger partial charge in [0.05, 0.1) is 0 Å². The van der Waals surface area contributed by atoms with Gasteiger partial charge in [0.2, 0.25) is 0 Å². The molecule has 0 spiro atoms. The number of ether oxygens (including phenoxy) is 2. The summed E-state index contributed by atoms with van der Waals surface area (Å²) in [7, 11) is 2.11. The topological polar surface area (TPSA) is 50.8 Å². The van der Waals surface area contributed by atoms with Crippen LogP contribution >= 0.6 is 0 Å². The van der Waals surface area contributed by atoms with Crippen LogP contribution in [0.5, 0.6) is 11.5 Å². The van der Waals surface area contributed by atoms with E-state index in [1.807, 2.05) is 0 Å². The number of hydrogen-bond donors (Lipinski definition) is 1. The largest absolute Gasteiger partial charge is 0.486 e. The average molecular weight is 276 g/mol. The van der Waals surface area contributed by atoms with Gasteiger partial charge in [-0.1, -0.05) is 0 Å². The lowest BCUT2D eigenvalue weighted by molar-refractivity contribution is 0.0915. The van der Waals surface area contributed by atoms with Crippen LogP contribution in [0, 0.1) is 0 Å². The van der Waals surface area contributed by atoms with Crippen molar-refractivity contribution < 1.29 is 14.3 Å². The van der Waals surface area contributed by atoms with Gasteiger partial charge in [0, 0.05) is 11.6 Å². The van der Waals surface area contributed by atoms with Crippen LogP contribution < -0.4 is 14.8 Å². The number of carbonyl (C=O) groups excluding carboxylic acids is 1. The number of carbonyl (C=O) groups is 1. The Morgan fingerprint density at radius 1 is 1.20 bits per heavy atom. The van der Waals surface area contributed by atoms with Crippen LogP contribution in [-0.4, -0.2) is 50.2 Å². The van der Waals surface area contributed by atoms with E-state index >= 15 is 0 Å². The van der Waals surface area contributed by atoms with Gasteiger partial charge < -0.3 is 19.7 Å². The summed E-state index contributed by atoms with van der Waals surface area (Å²) in [6.07, 6.45) is 2.01. The molecule has 108 valence electrons. The Kier molecular flexibility index (Phi) is 3.78. The summed E-state index contributed by atoms with van der Waals surface area (Å²) in [5.74, 6) is 1.34. The van der Waals surface area contributed by atoms with Gasteiger partial charge in [0.1, 0.15) is 13.2 Å². The van der Waals surface area contributed by atoms with Crippen molar-refractivity contribution in [2.24, 2.45) is 0 Å². The van der Waals surface area contributed by atoms with E-state index in [4.69, 9.17) is 9.47 Å². The van der Waals surface area contributed by atoms with Gasteiger partial charge in [-0.25, -0.2) is 0 Å². The number of piperidine rings is 1. The maximum Gasteiger partial charge on any atom is 0.251 e. The molecule has 1 saturated heterocycles. The van der Waals surface area contributed by atoms with E-state index in [1.54, 1.807) is 18.2 Å². The van der Waals surface area contributed by atoms with E-state index in [1.165, 1.54) is 0 Å². The highest BCUT2D eigenvalue weighted by molar-refractivity contribution is 5.95. The molecule has 0 aliphatic carbocycles. The van der Waals surface area contributed by atoms with E-state index in [0.717, 1.165) is 25.9 Å². The molecule has 1 aromatic carbocycles. The zero-order valence-electron chi connectivity index (χ0n) is 11.7. The second-order valence-electron chi connectivity index (χ2n) is 5.41. The van der Waals surface area contributed by atoms with E-state index in [0.29, 0.717) is 30.3 Å². The van der Waals surface area contributed by atoms with Crippen LogP contribution in [-0.2, 0) is 0 Å². The second kappa shape index (κ2) is 5.71. The second-order valence-corrected chi connectivity index (χ2v) is 5.41. The van der Waals surface area contributed by atoms with E-state index in [-0.39, 0.29) is 11.9 Å². The third-order valence-corrected chi connectivity index (χ3v) is 3.86. The predicted molar refractivity (Wildman–Crippen MR) is 75.4 cm³/mol. The van der Waals surface area contributed by atoms with Gasteiger partial charge in [-0.05, 0) is 51.2 Å².